The van der Waals surface area contributed by atoms with Gasteiger partial charge in [-0.15, -0.1) is 11.8 Å². The van der Waals surface area contributed by atoms with Crippen LogP contribution < -0.4 is 10.9 Å². The summed E-state index contributed by atoms with van der Waals surface area (Å²) in [5, 5.41) is 3.50. The lowest BCUT2D eigenvalue weighted by molar-refractivity contribution is -0.113. The third-order valence-electron chi connectivity index (χ3n) is 1.10. The largest absolute Gasteiger partial charge is 0.278 e. The number of carbonyl (C=O) groups is 1. The van der Waals surface area contributed by atoms with Crippen LogP contribution in [0.5, 0.6) is 0 Å². The highest BCUT2D eigenvalue weighted by Gasteiger charge is 2.13. The lowest BCUT2D eigenvalue weighted by Gasteiger charge is -2.18. The van der Waals surface area contributed by atoms with E-state index >= 15 is 0 Å². The number of rotatable bonds is 4. The molecule has 0 unspecified atom stereocenters. The van der Waals surface area contributed by atoms with Crippen molar-refractivity contribution in [2.45, 2.75) is 0 Å². The summed E-state index contributed by atoms with van der Waals surface area (Å²) in [4.78, 5) is 14.7. The van der Waals surface area contributed by atoms with E-state index in [0.717, 1.165) is 5.82 Å². The van der Waals surface area contributed by atoms with E-state index in [4.69, 9.17) is 0 Å². The molecule has 0 aromatic heterocycles. The molecule has 0 saturated heterocycles. The fraction of sp³-hybridized carbons (Fsp3) is 0.400. The van der Waals surface area contributed by atoms with Crippen LogP contribution in [0.25, 0.3) is 0 Å². The van der Waals surface area contributed by atoms with Crippen molar-refractivity contribution in [3.63, 3.8) is 0 Å². The molecule has 11 heavy (non-hydrogen) atoms. The number of nitrogens with one attached hydrogen (secondary N) is 2. The first kappa shape index (κ1) is 8.22. The monoisotopic (exact) mass is 175 g/mol. The maximum Gasteiger partial charge on any atom is 0.225 e. The summed E-state index contributed by atoms with van der Waals surface area (Å²) in [7, 11) is 1.52. The molecule has 5 nitrogen and oxygen atoms in total. The summed E-state index contributed by atoms with van der Waals surface area (Å²) >= 11 is 1.57. The first-order valence-corrected chi connectivity index (χ1v) is 4.01. The summed E-state index contributed by atoms with van der Waals surface area (Å²) in [6, 6.07) is 0. The number of hydrogen-bond donors (Lipinski definition) is 2. The van der Waals surface area contributed by atoms with Gasteiger partial charge in [0.2, 0.25) is 6.41 Å². The van der Waals surface area contributed by atoms with E-state index in [0.29, 0.717) is 12.3 Å². The van der Waals surface area contributed by atoms with Crippen LogP contribution in [0.15, 0.2) is 11.2 Å². The molecule has 0 aromatic rings. The van der Waals surface area contributed by atoms with Gasteiger partial charge < -0.3 is 0 Å². The molecule has 1 aliphatic rings. The van der Waals surface area contributed by atoms with E-state index in [9.17, 15) is 4.79 Å². The van der Waals surface area contributed by atoms with Crippen LogP contribution in [0.4, 0.5) is 0 Å². The molecule has 1 rings (SSSR count). The number of nitrogens with zero attached hydrogens (tertiary/aromatic N) is 1. The van der Waals surface area contributed by atoms with Crippen LogP contribution >= 0.6 is 11.8 Å². The van der Waals surface area contributed by atoms with Gasteiger partial charge in [0, 0.05) is 5.41 Å². The van der Waals surface area contributed by atoms with Gasteiger partial charge in [-0.1, -0.05) is 0 Å². The highest BCUT2D eigenvalue weighted by molar-refractivity contribution is 8.02. The van der Waals surface area contributed by atoms with Gasteiger partial charge in [0.15, 0.2) is 5.82 Å². The van der Waals surface area contributed by atoms with Crippen LogP contribution in [-0.4, -0.2) is 24.4 Å². The summed E-state index contributed by atoms with van der Waals surface area (Å²) in [6.07, 6.45) is 0.622. The molecule has 1 aliphatic heterocycles. The fourth-order valence-corrected chi connectivity index (χ4v) is 1.45. The third-order valence-corrected chi connectivity index (χ3v) is 1.90. The normalized spacial score (nSPS) is 16.1. The van der Waals surface area contributed by atoms with Gasteiger partial charge in [-0.2, -0.15) is 0 Å². The average molecular weight is 175 g/mol. The minimum absolute atomic E-state index is 0.622. The zero-order valence-electron chi connectivity index (χ0n) is 6.03. The first-order chi connectivity index (χ1) is 5.38. The van der Waals surface area contributed by atoms with Gasteiger partial charge in [0.1, 0.15) is 0 Å². The Balaban J connectivity index is 2.41. The second kappa shape index (κ2) is 4.09. The highest BCUT2D eigenvalue weighted by Crippen LogP contribution is 2.17. The van der Waals surface area contributed by atoms with E-state index in [-0.39, 0.29) is 0 Å². The van der Waals surface area contributed by atoms with Crippen molar-refractivity contribution in [2.75, 3.05) is 13.0 Å². The molecule has 0 saturated carbocycles. The second-order valence-corrected chi connectivity index (χ2v) is 2.61. The SMILES string of the molecule is CONC1=CSCN1NC=O. The van der Waals surface area contributed by atoms with E-state index < -0.39 is 0 Å². The summed E-state index contributed by atoms with van der Waals surface area (Å²) in [6.45, 7) is 0. The predicted octanol–water partition coefficient (Wildman–Crippen LogP) is -0.396. The molecule has 6 heteroatoms. The molecular weight excluding hydrogens is 166 g/mol. The Bertz CT molecular complexity index is 173. The second-order valence-electron chi connectivity index (χ2n) is 1.78. The Morgan fingerprint density at radius 1 is 1.91 bits per heavy atom. The molecule has 62 valence electrons. The third kappa shape index (κ3) is 2.02. The van der Waals surface area contributed by atoms with Gasteiger partial charge in [-0.25, -0.2) is 5.48 Å². The molecular formula is C5H9N3O2S. The molecule has 0 aliphatic carbocycles. The lowest BCUT2D eigenvalue weighted by Crippen LogP contribution is -2.38. The number of hydrazine groups is 1. The van der Waals surface area contributed by atoms with Crippen molar-refractivity contribution in [2.24, 2.45) is 0 Å². The first-order valence-electron chi connectivity index (χ1n) is 2.96. The number of carbonyl (C=O) groups excluding carboxylic acids is 1. The van der Waals surface area contributed by atoms with Crippen molar-refractivity contribution in [3.8, 4) is 0 Å². The predicted molar refractivity (Wildman–Crippen MR) is 41.7 cm³/mol. The Kier molecular flexibility index (Phi) is 3.06. The summed E-state index contributed by atoms with van der Waals surface area (Å²) < 4.78 is 0. The Labute approximate surface area is 68.7 Å². The van der Waals surface area contributed by atoms with Gasteiger partial charge in [0.05, 0.1) is 13.0 Å². The van der Waals surface area contributed by atoms with E-state index in [1.165, 1.54) is 7.11 Å². The zero-order valence-corrected chi connectivity index (χ0v) is 6.85. The van der Waals surface area contributed by atoms with E-state index in [2.05, 4.69) is 15.7 Å². The van der Waals surface area contributed by atoms with Crippen molar-refractivity contribution in [1.29, 1.82) is 0 Å². The molecule has 1 heterocycles. The zero-order chi connectivity index (χ0) is 8.10. The standard InChI is InChI=1S/C5H9N3O2S/c1-10-7-5-2-11-4-8(5)6-3-9/h2-3,7H,4H2,1H3,(H,6,9). The Morgan fingerprint density at radius 2 is 2.73 bits per heavy atom. The molecule has 0 radical (unpaired) electrons. The molecule has 0 atom stereocenters. The van der Waals surface area contributed by atoms with Gasteiger partial charge in [-0.05, 0) is 0 Å². The summed E-state index contributed by atoms with van der Waals surface area (Å²) in [5.41, 5.74) is 5.12. The molecule has 0 fully saturated rings. The van der Waals surface area contributed by atoms with Crippen molar-refractivity contribution in [3.05, 3.63) is 11.2 Å². The van der Waals surface area contributed by atoms with Crippen LogP contribution in [0, 0.1) is 0 Å². The van der Waals surface area contributed by atoms with Crippen LogP contribution in [0.2, 0.25) is 0 Å². The van der Waals surface area contributed by atoms with Crippen molar-refractivity contribution < 1.29 is 9.63 Å². The Hall–Kier alpha value is -0.880. The van der Waals surface area contributed by atoms with Crippen LogP contribution in [0.1, 0.15) is 0 Å². The van der Waals surface area contributed by atoms with E-state index in [1.54, 1.807) is 16.8 Å². The minimum Gasteiger partial charge on any atom is -0.278 e. The fourth-order valence-electron chi connectivity index (χ4n) is 0.678. The number of amides is 1. The Morgan fingerprint density at radius 3 is 3.36 bits per heavy atom. The van der Waals surface area contributed by atoms with Crippen molar-refractivity contribution in [1.82, 2.24) is 15.9 Å². The van der Waals surface area contributed by atoms with Gasteiger partial charge in [0.25, 0.3) is 0 Å². The number of hydrogen-bond acceptors (Lipinski definition) is 5. The summed E-state index contributed by atoms with van der Waals surface area (Å²) in [5.74, 6) is 1.44. The maximum atomic E-state index is 10.1. The molecule has 0 spiro atoms. The molecule has 1 amide bonds. The average Bonchev–Trinajstić information content (AvgIpc) is 2.39. The van der Waals surface area contributed by atoms with Crippen LogP contribution in [0.3, 0.4) is 0 Å². The highest BCUT2D eigenvalue weighted by atomic mass is 32.2. The lowest BCUT2D eigenvalue weighted by atomic mass is 10.8. The molecule has 0 bridgehead atoms. The molecule has 0 aromatic carbocycles. The number of thioether (sulfide) groups is 1. The van der Waals surface area contributed by atoms with Gasteiger partial charge in [-0.3, -0.25) is 20.1 Å². The molecule has 2 N–H and O–H groups in total. The van der Waals surface area contributed by atoms with Crippen molar-refractivity contribution >= 4 is 18.2 Å². The van der Waals surface area contributed by atoms with E-state index in [1.807, 2.05) is 5.41 Å². The smallest absolute Gasteiger partial charge is 0.225 e. The number of hydroxylamine groups is 1. The minimum atomic E-state index is 0.622. The van der Waals surface area contributed by atoms with Gasteiger partial charge >= 0.3 is 0 Å². The quantitative estimate of drug-likeness (QED) is 0.450. The topological polar surface area (TPSA) is 53.6 Å². The maximum absolute atomic E-state index is 10.1. The van der Waals surface area contributed by atoms with Crippen LogP contribution in [-0.2, 0) is 9.63 Å².